The van der Waals surface area contributed by atoms with E-state index in [9.17, 15) is 4.79 Å². The van der Waals surface area contributed by atoms with Crippen LogP contribution in [0, 0.1) is 0 Å². The Labute approximate surface area is 208 Å². The molecule has 1 atom stereocenters. The molecule has 0 aliphatic heterocycles. The molecule has 0 bridgehead atoms. The van der Waals surface area contributed by atoms with E-state index in [1.165, 1.54) is 5.56 Å². The average Bonchev–Trinajstić information content (AvgIpc) is 2.87. The number of hydrogen-bond donors (Lipinski definition) is 1. The van der Waals surface area contributed by atoms with E-state index in [1.54, 1.807) is 16.7 Å². The zero-order valence-corrected chi connectivity index (χ0v) is 21.7. The lowest BCUT2D eigenvalue weighted by atomic mass is 9.99. The minimum Gasteiger partial charge on any atom is -0.508 e. The van der Waals surface area contributed by atoms with Gasteiger partial charge in [-0.2, -0.15) is 0 Å². The van der Waals surface area contributed by atoms with Crippen LogP contribution in [0.5, 0.6) is 11.5 Å². The first-order chi connectivity index (χ1) is 16.6. The lowest BCUT2D eigenvalue weighted by Gasteiger charge is -2.24. The first kappa shape index (κ1) is 26.1. The Hall–Kier alpha value is -3.53. The molecular formula is C31H37NO3. The SMILES string of the molecule is CCC(C)(C)Oc1ccc(-c2cc3ccccc3n(C)c2=O)cc1.CCC(C)c1ccc(O)cc1. The van der Waals surface area contributed by atoms with Crippen molar-refractivity contribution in [1.29, 1.82) is 0 Å². The van der Waals surface area contributed by atoms with Crippen LogP contribution in [0.1, 0.15) is 58.9 Å². The van der Waals surface area contributed by atoms with E-state index in [0.717, 1.165) is 35.1 Å². The summed E-state index contributed by atoms with van der Waals surface area (Å²) in [5.41, 5.74) is 3.67. The Bertz CT molecular complexity index is 1300. The Kier molecular flexibility index (Phi) is 8.39. The van der Waals surface area contributed by atoms with Crippen LogP contribution < -0.4 is 10.3 Å². The average molecular weight is 472 g/mol. The Morgan fingerprint density at radius 1 is 0.943 bits per heavy atom. The molecule has 4 nitrogen and oxygen atoms in total. The number of ether oxygens (including phenoxy) is 1. The summed E-state index contributed by atoms with van der Waals surface area (Å²) in [4.78, 5) is 12.7. The van der Waals surface area contributed by atoms with E-state index in [0.29, 0.717) is 17.2 Å². The maximum absolute atomic E-state index is 12.7. The number of pyridine rings is 1. The summed E-state index contributed by atoms with van der Waals surface area (Å²) in [6.45, 7) is 10.6. The fourth-order valence-electron chi connectivity index (χ4n) is 3.76. The van der Waals surface area contributed by atoms with Crippen molar-refractivity contribution < 1.29 is 9.84 Å². The lowest BCUT2D eigenvalue weighted by molar-refractivity contribution is 0.105. The normalized spacial score (nSPS) is 12.1. The maximum Gasteiger partial charge on any atom is 0.258 e. The fraction of sp³-hybridized carbons (Fsp3) is 0.323. The zero-order chi connectivity index (χ0) is 25.6. The summed E-state index contributed by atoms with van der Waals surface area (Å²) in [6, 6.07) is 25.1. The van der Waals surface area contributed by atoms with E-state index >= 15 is 0 Å². The molecule has 1 N–H and O–H groups in total. The van der Waals surface area contributed by atoms with Gasteiger partial charge in [-0.25, -0.2) is 0 Å². The third-order valence-corrected chi connectivity index (χ3v) is 6.62. The van der Waals surface area contributed by atoms with Crippen molar-refractivity contribution in [3.63, 3.8) is 0 Å². The smallest absolute Gasteiger partial charge is 0.258 e. The van der Waals surface area contributed by atoms with E-state index < -0.39 is 0 Å². The fourth-order valence-corrected chi connectivity index (χ4v) is 3.76. The summed E-state index contributed by atoms with van der Waals surface area (Å²) in [7, 11) is 1.81. The molecule has 0 saturated heterocycles. The highest BCUT2D eigenvalue weighted by molar-refractivity contribution is 5.84. The summed E-state index contributed by atoms with van der Waals surface area (Å²) in [5, 5.41) is 10.1. The summed E-state index contributed by atoms with van der Waals surface area (Å²) in [6.07, 6.45) is 2.07. The standard InChI is InChI=1S/C21H23NO2.C10H14O/c1-5-21(2,3)24-17-12-10-15(11-13-17)18-14-16-8-6-7-9-19(16)22(4)20(18)23;1-3-8(2)9-4-6-10(11)7-5-9/h6-14H,5H2,1-4H3;4-8,11H,3H2,1-2H3. The maximum atomic E-state index is 12.7. The van der Waals surface area contributed by atoms with Crippen LogP contribution in [-0.2, 0) is 7.05 Å². The highest BCUT2D eigenvalue weighted by atomic mass is 16.5. The number of benzene rings is 3. The van der Waals surface area contributed by atoms with Crippen LogP contribution in [0.25, 0.3) is 22.0 Å². The van der Waals surface area contributed by atoms with Gasteiger partial charge < -0.3 is 14.4 Å². The van der Waals surface area contributed by atoms with Crippen LogP contribution in [0.4, 0.5) is 0 Å². The van der Waals surface area contributed by atoms with E-state index in [4.69, 9.17) is 9.84 Å². The summed E-state index contributed by atoms with van der Waals surface area (Å²) >= 11 is 0. The molecule has 184 valence electrons. The number of aryl methyl sites for hydroxylation is 1. The number of aromatic nitrogens is 1. The van der Waals surface area contributed by atoms with Gasteiger partial charge in [-0.15, -0.1) is 0 Å². The molecule has 0 amide bonds. The second kappa shape index (κ2) is 11.3. The highest BCUT2D eigenvalue weighted by Crippen LogP contribution is 2.26. The lowest BCUT2D eigenvalue weighted by Crippen LogP contribution is -2.26. The van der Waals surface area contributed by atoms with Crippen molar-refractivity contribution in [2.75, 3.05) is 0 Å². The number of fused-ring (bicyclic) bond motifs is 1. The molecule has 1 aromatic heterocycles. The van der Waals surface area contributed by atoms with Gasteiger partial charge in [-0.3, -0.25) is 4.79 Å². The largest absolute Gasteiger partial charge is 0.508 e. The number of nitrogens with zero attached hydrogens (tertiary/aromatic N) is 1. The molecule has 0 fully saturated rings. The van der Waals surface area contributed by atoms with Gasteiger partial charge in [0.1, 0.15) is 17.1 Å². The van der Waals surface area contributed by atoms with Crippen molar-refractivity contribution in [1.82, 2.24) is 4.57 Å². The molecule has 0 spiro atoms. The molecule has 1 unspecified atom stereocenters. The molecule has 4 heteroatoms. The van der Waals surface area contributed by atoms with Crippen LogP contribution in [0.2, 0.25) is 0 Å². The third kappa shape index (κ3) is 6.54. The third-order valence-electron chi connectivity index (χ3n) is 6.62. The monoisotopic (exact) mass is 471 g/mol. The van der Waals surface area contributed by atoms with E-state index in [-0.39, 0.29) is 11.2 Å². The van der Waals surface area contributed by atoms with Gasteiger partial charge in [-0.05, 0) is 85.5 Å². The van der Waals surface area contributed by atoms with Crippen molar-refractivity contribution >= 4 is 10.9 Å². The highest BCUT2D eigenvalue weighted by Gasteiger charge is 2.17. The second-order valence-electron chi connectivity index (χ2n) is 9.62. The van der Waals surface area contributed by atoms with E-state index in [1.807, 2.05) is 73.8 Å². The molecule has 0 saturated carbocycles. The number of phenolic OH excluding ortho intramolecular Hbond substituents is 1. The second-order valence-corrected chi connectivity index (χ2v) is 9.62. The predicted octanol–water partition coefficient (Wildman–Crippen LogP) is 7.68. The van der Waals surface area contributed by atoms with Gasteiger partial charge in [0.2, 0.25) is 0 Å². The van der Waals surface area contributed by atoms with Gasteiger partial charge in [0, 0.05) is 12.6 Å². The molecule has 0 radical (unpaired) electrons. The first-order valence-electron chi connectivity index (χ1n) is 12.3. The van der Waals surface area contributed by atoms with Gasteiger partial charge in [0.15, 0.2) is 0 Å². The molecule has 4 aromatic rings. The van der Waals surface area contributed by atoms with Crippen LogP contribution in [0.3, 0.4) is 0 Å². The zero-order valence-electron chi connectivity index (χ0n) is 21.7. The van der Waals surface area contributed by atoms with Gasteiger partial charge in [-0.1, -0.05) is 63.2 Å². The van der Waals surface area contributed by atoms with E-state index in [2.05, 4.69) is 34.6 Å². The Morgan fingerprint density at radius 2 is 1.57 bits per heavy atom. The molecule has 3 aromatic carbocycles. The Balaban J connectivity index is 0.000000261. The quantitative estimate of drug-likeness (QED) is 0.314. The predicted molar refractivity (Wildman–Crippen MR) is 146 cm³/mol. The molecule has 4 rings (SSSR count). The number of hydrogen-bond acceptors (Lipinski definition) is 3. The Morgan fingerprint density at radius 3 is 2.17 bits per heavy atom. The minimum atomic E-state index is -0.194. The molecule has 1 heterocycles. The summed E-state index contributed by atoms with van der Waals surface area (Å²) in [5.74, 6) is 1.76. The first-order valence-corrected chi connectivity index (χ1v) is 12.3. The van der Waals surface area contributed by atoms with Gasteiger partial charge >= 0.3 is 0 Å². The minimum absolute atomic E-state index is 0.0104. The topological polar surface area (TPSA) is 51.5 Å². The van der Waals surface area contributed by atoms with Crippen molar-refractivity contribution in [2.24, 2.45) is 7.05 Å². The van der Waals surface area contributed by atoms with Crippen LogP contribution in [-0.4, -0.2) is 15.3 Å². The molecule has 35 heavy (non-hydrogen) atoms. The molecular weight excluding hydrogens is 434 g/mol. The number of rotatable bonds is 6. The van der Waals surface area contributed by atoms with Crippen LogP contribution >= 0.6 is 0 Å². The van der Waals surface area contributed by atoms with Crippen LogP contribution in [0.15, 0.2) is 83.7 Å². The van der Waals surface area contributed by atoms with Gasteiger partial charge in [0.25, 0.3) is 5.56 Å². The van der Waals surface area contributed by atoms with Crippen molar-refractivity contribution in [3.8, 4) is 22.6 Å². The number of para-hydroxylation sites is 1. The van der Waals surface area contributed by atoms with Gasteiger partial charge in [0.05, 0.1) is 5.52 Å². The van der Waals surface area contributed by atoms with Crippen molar-refractivity contribution in [2.45, 2.75) is 59.0 Å². The molecule has 0 aliphatic carbocycles. The summed E-state index contributed by atoms with van der Waals surface area (Å²) < 4.78 is 7.69. The number of phenols is 1. The number of aromatic hydroxyl groups is 1. The molecule has 0 aliphatic rings. The van der Waals surface area contributed by atoms with Crippen molar-refractivity contribution in [3.05, 3.63) is 94.8 Å².